The van der Waals surface area contributed by atoms with Gasteiger partial charge in [0, 0.05) is 12.8 Å². The number of hydrogen-bond donors (Lipinski definition) is 7. The van der Waals surface area contributed by atoms with Crippen LogP contribution >= 0.6 is 0 Å². The first-order chi connectivity index (χ1) is 15.9. The van der Waals surface area contributed by atoms with Gasteiger partial charge in [0.15, 0.2) is 0 Å². The summed E-state index contributed by atoms with van der Waals surface area (Å²) >= 11 is 0. The topological polar surface area (TPSA) is 223 Å². The minimum absolute atomic E-state index is 0.0300. The van der Waals surface area contributed by atoms with Gasteiger partial charge in [-0.1, -0.05) is 13.8 Å². The fraction of sp³-hybridized carbons (Fsp3) is 0.714. The van der Waals surface area contributed by atoms with E-state index in [2.05, 4.69) is 21.3 Å². The molecule has 4 atom stereocenters. The average molecular weight is 485 g/mol. The molecule has 34 heavy (non-hydrogen) atoms. The first kappa shape index (κ1) is 28.8. The molecule has 0 radical (unpaired) electrons. The molecule has 1 fully saturated rings. The van der Waals surface area contributed by atoms with Crippen LogP contribution in [0.4, 0.5) is 0 Å². The van der Waals surface area contributed by atoms with E-state index in [4.69, 9.17) is 11.5 Å². The van der Waals surface area contributed by atoms with E-state index in [-0.39, 0.29) is 38.0 Å². The SMILES string of the molecule is CC(C)CC(NC(=O)C(CCC(N)=O)NC(=O)C(CCC(N)=O)NC(=O)C1CCCN1)C(=O)O. The van der Waals surface area contributed by atoms with Crippen molar-refractivity contribution in [1.29, 1.82) is 0 Å². The lowest BCUT2D eigenvalue weighted by molar-refractivity contribution is -0.143. The molecule has 0 aromatic heterocycles. The maximum absolute atomic E-state index is 13.0. The molecule has 0 saturated carbocycles. The summed E-state index contributed by atoms with van der Waals surface area (Å²) in [5, 5.41) is 19.8. The lowest BCUT2D eigenvalue weighted by atomic mass is 10.0. The van der Waals surface area contributed by atoms with Crippen LogP contribution < -0.4 is 32.7 Å². The second-order valence-electron chi connectivity index (χ2n) is 8.81. The summed E-state index contributed by atoms with van der Waals surface area (Å²) in [6.45, 7) is 4.24. The van der Waals surface area contributed by atoms with Crippen molar-refractivity contribution in [2.45, 2.75) is 83.0 Å². The Kier molecular flexibility index (Phi) is 12.0. The van der Waals surface area contributed by atoms with Crippen molar-refractivity contribution in [3.8, 4) is 0 Å². The molecule has 0 spiro atoms. The molecule has 0 bridgehead atoms. The molecule has 1 heterocycles. The minimum atomic E-state index is -1.29. The Bertz CT molecular complexity index is 767. The molecular formula is C21H36N6O7. The lowest BCUT2D eigenvalue weighted by Crippen LogP contribution is -2.57. The van der Waals surface area contributed by atoms with Crippen molar-refractivity contribution in [3.05, 3.63) is 0 Å². The van der Waals surface area contributed by atoms with Crippen LogP contribution in [-0.4, -0.2) is 71.3 Å². The van der Waals surface area contributed by atoms with Gasteiger partial charge in [0.25, 0.3) is 0 Å². The van der Waals surface area contributed by atoms with Crippen LogP contribution in [0.3, 0.4) is 0 Å². The van der Waals surface area contributed by atoms with E-state index in [1.54, 1.807) is 13.8 Å². The number of carbonyl (C=O) groups excluding carboxylic acids is 5. The zero-order valence-corrected chi connectivity index (χ0v) is 19.6. The molecule has 0 aromatic rings. The van der Waals surface area contributed by atoms with Crippen LogP contribution in [0.1, 0.15) is 58.8 Å². The molecule has 13 nitrogen and oxygen atoms in total. The highest BCUT2D eigenvalue weighted by molar-refractivity contribution is 5.94. The Morgan fingerprint density at radius 3 is 1.79 bits per heavy atom. The third-order valence-electron chi connectivity index (χ3n) is 5.32. The first-order valence-electron chi connectivity index (χ1n) is 11.3. The second kappa shape index (κ2) is 14.1. The molecule has 0 aliphatic carbocycles. The largest absolute Gasteiger partial charge is 0.480 e. The van der Waals surface area contributed by atoms with Crippen LogP contribution in [-0.2, 0) is 28.8 Å². The normalized spacial score (nSPS) is 17.9. The van der Waals surface area contributed by atoms with E-state index in [0.717, 1.165) is 6.42 Å². The van der Waals surface area contributed by atoms with E-state index >= 15 is 0 Å². The second-order valence-corrected chi connectivity index (χ2v) is 8.81. The molecule has 1 rings (SSSR count). The number of primary amides is 2. The number of carboxylic acids is 1. The van der Waals surface area contributed by atoms with Crippen molar-refractivity contribution < 1.29 is 33.9 Å². The Labute approximate surface area is 198 Å². The van der Waals surface area contributed by atoms with Crippen molar-refractivity contribution in [1.82, 2.24) is 21.3 Å². The van der Waals surface area contributed by atoms with Crippen molar-refractivity contribution >= 4 is 35.5 Å². The molecule has 1 saturated heterocycles. The van der Waals surface area contributed by atoms with Crippen LogP contribution in [0.2, 0.25) is 0 Å². The molecule has 9 N–H and O–H groups in total. The Morgan fingerprint density at radius 1 is 0.882 bits per heavy atom. The van der Waals surface area contributed by atoms with Gasteiger partial charge in [-0.05, 0) is 44.6 Å². The van der Waals surface area contributed by atoms with E-state index in [1.807, 2.05) is 0 Å². The van der Waals surface area contributed by atoms with Gasteiger partial charge in [-0.25, -0.2) is 4.79 Å². The molecule has 4 unspecified atom stereocenters. The third kappa shape index (κ3) is 10.6. The molecule has 5 amide bonds. The maximum Gasteiger partial charge on any atom is 0.326 e. The van der Waals surface area contributed by atoms with Gasteiger partial charge in [-0.2, -0.15) is 0 Å². The third-order valence-corrected chi connectivity index (χ3v) is 5.32. The Balaban J connectivity index is 2.97. The van der Waals surface area contributed by atoms with Gasteiger partial charge in [0.05, 0.1) is 6.04 Å². The van der Waals surface area contributed by atoms with Crippen LogP contribution in [0.5, 0.6) is 0 Å². The zero-order valence-electron chi connectivity index (χ0n) is 19.6. The molecule has 13 heteroatoms. The fourth-order valence-electron chi connectivity index (χ4n) is 3.53. The number of hydrogen-bond acceptors (Lipinski definition) is 7. The first-order valence-corrected chi connectivity index (χ1v) is 11.3. The van der Waals surface area contributed by atoms with Crippen molar-refractivity contribution in [2.75, 3.05) is 6.54 Å². The summed E-state index contributed by atoms with van der Waals surface area (Å²) in [5.41, 5.74) is 10.4. The zero-order chi connectivity index (χ0) is 25.8. The van der Waals surface area contributed by atoms with Crippen LogP contribution in [0, 0.1) is 5.92 Å². The summed E-state index contributed by atoms with van der Waals surface area (Å²) in [6.07, 6.45) is 0.827. The Hall–Kier alpha value is -3.22. The number of carboxylic acid groups (broad SMARTS) is 1. The highest BCUT2D eigenvalue weighted by atomic mass is 16.4. The maximum atomic E-state index is 13.0. The number of aliphatic carboxylic acids is 1. The summed E-state index contributed by atoms with van der Waals surface area (Å²) in [7, 11) is 0. The van der Waals surface area contributed by atoms with Crippen molar-refractivity contribution in [3.63, 3.8) is 0 Å². The van der Waals surface area contributed by atoms with Crippen LogP contribution in [0.15, 0.2) is 0 Å². The molecule has 1 aliphatic rings. The van der Waals surface area contributed by atoms with Gasteiger partial charge in [-0.3, -0.25) is 24.0 Å². The smallest absolute Gasteiger partial charge is 0.326 e. The van der Waals surface area contributed by atoms with Gasteiger partial charge in [0.1, 0.15) is 18.1 Å². The van der Waals surface area contributed by atoms with Crippen LogP contribution in [0.25, 0.3) is 0 Å². The highest BCUT2D eigenvalue weighted by Gasteiger charge is 2.31. The number of amides is 5. The summed E-state index contributed by atoms with van der Waals surface area (Å²) in [6, 6.07) is -4.13. The van der Waals surface area contributed by atoms with E-state index in [9.17, 15) is 33.9 Å². The number of nitrogens with two attached hydrogens (primary N) is 2. The van der Waals surface area contributed by atoms with E-state index in [1.165, 1.54) is 0 Å². The lowest BCUT2D eigenvalue weighted by Gasteiger charge is -2.25. The van der Waals surface area contributed by atoms with Gasteiger partial charge in [0.2, 0.25) is 29.5 Å². The van der Waals surface area contributed by atoms with Gasteiger partial charge in [-0.15, -0.1) is 0 Å². The van der Waals surface area contributed by atoms with Gasteiger partial charge < -0.3 is 37.8 Å². The summed E-state index contributed by atoms with van der Waals surface area (Å²) in [4.78, 5) is 72.3. The predicted octanol–water partition coefficient (Wildman–Crippen LogP) is -2.15. The molecule has 192 valence electrons. The highest BCUT2D eigenvalue weighted by Crippen LogP contribution is 2.09. The fourth-order valence-corrected chi connectivity index (χ4v) is 3.53. The monoisotopic (exact) mass is 484 g/mol. The number of carbonyl (C=O) groups is 6. The van der Waals surface area contributed by atoms with E-state index < -0.39 is 59.7 Å². The minimum Gasteiger partial charge on any atom is -0.480 e. The average Bonchev–Trinajstić information content (AvgIpc) is 3.27. The predicted molar refractivity (Wildman–Crippen MR) is 121 cm³/mol. The van der Waals surface area contributed by atoms with E-state index in [0.29, 0.717) is 13.0 Å². The molecular weight excluding hydrogens is 448 g/mol. The standard InChI is InChI=1S/C21H36N6O7/c1-11(2)10-15(21(33)34)27-20(32)14(6-8-17(23)29)26-19(31)13(5-7-16(22)28)25-18(30)12-4-3-9-24-12/h11-15,24H,3-10H2,1-2H3,(H2,22,28)(H2,23,29)(H,25,30)(H,26,31)(H,27,32)(H,33,34). The van der Waals surface area contributed by atoms with Gasteiger partial charge >= 0.3 is 5.97 Å². The van der Waals surface area contributed by atoms with Crippen molar-refractivity contribution in [2.24, 2.45) is 17.4 Å². The summed E-state index contributed by atoms with van der Waals surface area (Å²) in [5.74, 6) is -4.66. The molecule has 1 aliphatic heterocycles. The number of rotatable bonds is 15. The Morgan fingerprint density at radius 2 is 1.38 bits per heavy atom. The molecule has 0 aromatic carbocycles. The number of nitrogens with one attached hydrogen (secondary N) is 4. The quantitative estimate of drug-likeness (QED) is 0.135. The summed E-state index contributed by atoms with van der Waals surface area (Å²) < 4.78 is 0.